The molecule has 0 aliphatic rings. The lowest BCUT2D eigenvalue weighted by molar-refractivity contribution is 0.246. The van der Waals surface area contributed by atoms with Crippen LogP contribution in [0.2, 0.25) is 0 Å². The second-order valence-corrected chi connectivity index (χ2v) is 3.61. The van der Waals surface area contributed by atoms with Crippen molar-refractivity contribution in [1.82, 2.24) is 0 Å². The molecule has 0 aliphatic carbocycles. The van der Waals surface area contributed by atoms with E-state index in [9.17, 15) is 10.2 Å². The molecule has 0 unspecified atom stereocenters. The molecule has 0 aliphatic heterocycles. The van der Waals surface area contributed by atoms with Crippen LogP contribution in [0.4, 0.5) is 0 Å². The van der Waals surface area contributed by atoms with E-state index in [2.05, 4.69) is 0 Å². The van der Waals surface area contributed by atoms with E-state index in [0.717, 1.165) is 0 Å². The highest BCUT2D eigenvalue weighted by Gasteiger charge is 2.25. The molecule has 2 N–H and O–H groups in total. The number of benzene rings is 1. The van der Waals surface area contributed by atoms with Gasteiger partial charge in [-0.15, -0.1) is 0 Å². The van der Waals surface area contributed by atoms with E-state index < -0.39 is 0 Å². The Kier molecular flexibility index (Phi) is 4.95. The Hall–Kier alpha value is -1.78. The number of ether oxygens (including phenoxy) is 3. The van der Waals surface area contributed by atoms with E-state index in [4.69, 9.17) is 14.2 Å². The molecule has 0 saturated carbocycles. The number of hydrogen-bond acceptors (Lipinski definition) is 5. The Morgan fingerprint density at radius 1 is 0.722 bits per heavy atom. The summed E-state index contributed by atoms with van der Waals surface area (Å²) in [5.41, 5.74) is 0.432. The average Bonchev–Trinajstić information content (AvgIpc) is 2.36. The summed E-state index contributed by atoms with van der Waals surface area (Å²) in [5.74, 6) is 0.282. The topological polar surface area (TPSA) is 68.2 Å². The van der Waals surface area contributed by atoms with E-state index >= 15 is 0 Å². The number of aromatic hydroxyl groups is 2. The van der Waals surface area contributed by atoms with Crippen molar-refractivity contribution in [2.75, 3.05) is 19.8 Å². The Morgan fingerprint density at radius 2 is 1.17 bits per heavy atom. The molecule has 0 spiro atoms. The van der Waals surface area contributed by atoms with Gasteiger partial charge in [-0.1, -0.05) is 0 Å². The summed E-state index contributed by atoms with van der Waals surface area (Å²) in [7, 11) is 0. The van der Waals surface area contributed by atoms with Gasteiger partial charge >= 0.3 is 0 Å². The molecule has 5 nitrogen and oxygen atoms in total. The van der Waals surface area contributed by atoms with Gasteiger partial charge in [-0.2, -0.15) is 0 Å². The monoisotopic (exact) mass is 256 g/mol. The summed E-state index contributed by atoms with van der Waals surface area (Å²) < 4.78 is 16.3. The summed E-state index contributed by atoms with van der Waals surface area (Å²) in [6, 6.07) is 0. The lowest BCUT2D eigenvalue weighted by Gasteiger charge is -2.19. The van der Waals surface area contributed by atoms with Gasteiger partial charge in [0, 0.05) is 5.56 Å². The molecular weight excluding hydrogens is 236 g/mol. The lowest BCUT2D eigenvalue weighted by atomic mass is 10.1. The molecule has 0 saturated heterocycles. The van der Waals surface area contributed by atoms with Crippen molar-refractivity contribution < 1.29 is 24.4 Å². The van der Waals surface area contributed by atoms with Gasteiger partial charge < -0.3 is 24.4 Å². The molecule has 1 aromatic carbocycles. The van der Waals surface area contributed by atoms with Gasteiger partial charge in [0.15, 0.2) is 11.5 Å². The van der Waals surface area contributed by atoms with Crippen LogP contribution in [0, 0.1) is 6.92 Å². The quantitative estimate of drug-likeness (QED) is 0.766. The van der Waals surface area contributed by atoms with Gasteiger partial charge in [0.2, 0.25) is 17.2 Å². The minimum atomic E-state index is -0.318. The Balaban J connectivity index is 3.46. The second-order valence-electron chi connectivity index (χ2n) is 3.61. The number of rotatable bonds is 6. The number of hydrogen-bond donors (Lipinski definition) is 2. The van der Waals surface area contributed by atoms with Crippen LogP contribution in [0.15, 0.2) is 0 Å². The fraction of sp³-hybridized carbons (Fsp3) is 0.538. The third kappa shape index (κ3) is 2.55. The van der Waals surface area contributed by atoms with Crippen molar-refractivity contribution in [3.8, 4) is 28.7 Å². The average molecular weight is 256 g/mol. The van der Waals surface area contributed by atoms with E-state index in [-0.39, 0.29) is 17.2 Å². The zero-order valence-corrected chi connectivity index (χ0v) is 11.2. The molecule has 0 atom stereocenters. The maximum Gasteiger partial charge on any atom is 0.211 e. The van der Waals surface area contributed by atoms with Crippen LogP contribution in [0.25, 0.3) is 0 Å². The van der Waals surface area contributed by atoms with E-state index in [1.807, 2.05) is 13.8 Å². The van der Waals surface area contributed by atoms with Crippen LogP contribution >= 0.6 is 0 Å². The highest BCUT2D eigenvalue weighted by molar-refractivity contribution is 5.68. The number of phenolic OH excluding ortho intramolecular Hbond substituents is 2. The zero-order chi connectivity index (χ0) is 13.7. The van der Waals surface area contributed by atoms with Crippen molar-refractivity contribution in [3.05, 3.63) is 5.56 Å². The molecule has 0 amide bonds. The van der Waals surface area contributed by atoms with Crippen molar-refractivity contribution in [3.63, 3.8) is 0 Å². The van der Waals surface area contributed by atoms with Gasteiger partial charge in [0.05, 0.1) is 19.8 Å². The molecule has 18 heavy (non-hydrogen) atoms. The summed E-state index contributed by atoms with van der Waals surface area (Å²) in [6.45, 7) is 8.27. The molecule has 0 fully saturated rings. The zero-order valence-electron chi connectivity index (χ0n) is 11.2. The van der Waals surface area contributed by atoms with Crippen molar-refractivity contribution >= 4 is 0 Å². The van der Waals surface area contributed by atoms with Crippen LogP contribution in [0.1, 0.15) is 26.3 Å². The Labute approximate surface area is 107 Å². The van der Waals surface area contributed by atoms with E-state index in [0.29, 0.717) is 36.9 Å². The van der Waals surface area contributed by atoms with Gasteiger partial charge in [0.1, 0.15) is 0 Å². The van der Waals surface area contributed by atoms with Crippen LogP contribution < -0.4 is 14.2 Å². The predicted octanol–water partition coefficient (Wildman–Crippen LogP) is 2.60. The summed E-state index contributed by atoms with van der Waals surface area (Å²) >= 11 is 0. The Morgan fingerprint density at radius 3 is 1.67 bits per heavy atom. The summed E-state index contributed by atoms with van der Waals surface area (Å²) in [4.78, 5) is 0. The van der Waals surface area contributed by atoms with Crippen molar-refractivity contribution in [2.45, 2.75) is 27.7 Å². The third-order valence-corrected chi connectivity index (χ3v) is 2.41. The highest BCUT2D eigenvalue weighted by Crippen LogP contribution is 2.52. The summed E-state index contributed by atoms with van der Waals surface area (Å²) in [6.07, 6.45) is 0. The fourth-order valence-corrected chi connectivity index (χ4v) is 1.65. The maximum absolute atomic E-state index is 9.90. The van der Waals surface area contributed by atoms with Crippen LogP contribution in [0.5, 0.6) is 28.7 Å². The molecule has 0 aromatic heterocycles. The van der Waals surface area contributed by atoms with Gasteiger partial charge in [-0.05, 0) is 27.7 Å². The largest absolute Gasteiger partial charge is 0.504 e. The molecule has 1 rings (SSSR count). The summed E-state index contributed by atoms with van der Waals surface area (Å²) in [5, 5.41) is 19.7. The molecule has 0 bridgehead atoms. The minimum absolute atomic E-state index is 0.117. The molecule has 0 heterocycles. The van der Waals surface area contributed by atoms with Crippen molar-refractivity contribution in [2.24, 2.45) is 0 Å². The smallest absolute Gasteiger partial charge is 0.211 e. The molecule has 1 aromatic rings. The fourth-order valence-electron chi connectivity index (χ4n) is 1.65. The Bertz CT molecular complexity index is 381. The predicted molar refractivity (Wildman–Crippen MR) is 68.0 cm³/mol. The van der Waals surface area contributed by atoms with Crippen LogP contribution in [-0.4, -0.2) is 30.0 Å². The molecule has 102 valence electrons. The van der Waals surface area contributed by atoms with Crippen LogP contribution in [0.3, 0.4) is 0 Å². The first-order valence-electron chi connectivity index (χ1n) is 6.05. The first-order chi connectivity index (χ1) is 8.58. The van der Waals surface area contributed by atoms with Crippen LogP contribution in [-0.2, 0) is 0 Å². The van der Waals surface area contributed by atoms with Crippen molar-refractivity contribution in [1.29, 1.82) is 0 Å². The van der Waals surface area contributed by atoms with Gasteiger partial charge in [0.25, 0.3) is 0 Å². The standard InChI is InChI=1S/C13H20O5/c1-5-16-11-8(4)9(14)10(15)12(17-6-2)13(11)18-7-3/h14-15H,5-7H2,1-4H3. The highest BCUT2D eigenvalue weighted by atomic mass is 16.5. The van der Waals surface area contributed by atoms with Gasteiger partial charge in [-0.3, -0.25) is 0 Å². The molecular formula is C13H20O5. The minimum Gasteiger partial charge on any atom is -0.504 e. The SMILES string of the molecule is CCOc1c(C)c(O)c(O)c(OCC)c1OCC. The van der Waals surface area contributed by atoms with E-state index in [1.165, 1.54) is 0 Å². The second kappa shape index (κ2) is 6.23. The van der Waals surface area contributed by atoms with E-state index in [1.54, 1.807) is 13.8 Å². The first kappa shape index (κ1) is 14.3. The third-order valence-electron chi connectivity index (χ3n) is 2.41. The molecule has 5 heteroatoms. The number of phenols is 2. The van der Waals surface area contributed by atoms with Gasteiger partial charge in [-0.25, -0.2) is 0 Å². The lowest BCUT2D eigenvalue weighted by Crippen LogP contribution is -2.04. The molecule has 0 radical (unpaired) electrons. The maximum atomic E-state index is 9.90. The first-order valence-corrected chi connectivity index (χ1v) is 6.05. The normalized spacial score (nSPS) is 10.2.